The molecule has 0 bridgehead atoms. The highest BCUT2D eigenvalue weighted by molar-refractivity contribution is 9.10. The predicted molar refractivity (Wildman–Crippen MR) is 68.2 cm³/mol. The van der Waals surface area contributed by atoms with E-state index < -0.39 is 5.60 Å². The van der Waals surface area contributed by atoms with E-state index in [-0.39, 0.29) is 5.92 Å². The Morgan fingerprint density at radius 1 is 1.53 bits per heavy atom. The minimum absolute atomic E-state index is 0.177. The molecule has 84 valence electrons. The van der Waals surface area contributed by atoms with Gasteiger partial charge in [-0.1, -0.05) is 53.9 Å². The first kappa shape index (κ1) is 13.0. The summed E-state index contributed by atoms with van der Waals surface area (Å²) in [5, 5.41) is 11.0. The maximum absolute atomic E-state index is 10.4. The average Bonchev–Trinajstić information content (AvgIpc) is 2.15. The molecule has 2 atom stereocenters. The third-order valence-corrected chi connectivity index (χ3v) is 3.85. The lowest BCUT2D eigenvalue weighted by atomic mass is 9.82. The Hall–Kier alpha value is -0.0500. The molecule has 0 saturated carbocycles. The predicted octanol–water partition coefficient (Wildman–Crippen LogP) is 4.36. The first-order valence-electron chi connectivity index (χ1n) is 5.07. The van der Waals surface area contributed by atoms with Gasteiger partial charge in [0, 0.05) is 15.1 Å². The first-order chi connectivity index (χ1) is 6.89. The van der Waals surface area contributed by atoms with Gasteiger partial charge < -0.3 is 5.11 Å². The van der Waals surface area contributed by atoms with Crippen LogP contribution in [0, 0.1) is 5.92 Å². The molecule has 2 unspecified atom stereocenters. The van der Waals surface area contributed by atoms with Crippen LogP contribution in [0.15, 0.2) is 22.7 Å². The van der Waals surface area contributed by atoms with Crippen LogP contribution in [0.25, 0.3) is 0 Å². The van der Waals surface area contributed by atoms with Crippen molar-refractivity contribution in [3.8, 4) is 0 Å². The van der Waals surface area contributed by atoms with Crippen molar-refractivity contribution in [3.05, 3.63) is 33.3 Å². The van der Waals surface area contributed by atoms with E-state index in [9.17, 15) is 5.11 Å². The summed E-state index contributed by atoms with van der Waals surface area (Å²) in [5.41, 5.74) is -0.0753. The van der Waals surface area contributed by atoms with Crippen LogP contribution < -0.4 is 0 Å². The van der Waals surface area contributed by atoms with E-state index in [1.807, 2.05) is 32.0 Å². The molecule has 0 heterocycles. The molecule has 0 amide bonds. The quantitative estimate of drug-likeness (QED) is 0.877. The maximum atomic E-state index is 10.4. The lowest BCUT2D eigenvalue weighted by Gasteiger charge is -2.31. The van der Waals surface area contributed by atoms with Crippen LogP contribution in [-0.2, 0) is 5.60 Å². The smallest absolute Gasteiger partial charge is 0.0908 e. The summed E-state index contributed by atoms with van der Waals surface area (Å²) >= 11 is 9.48. The highest BCUT2D eigenvalue weighted by Crippen LogP contribution is 2.36. The standard InChI is InChI=1S/C12H16BrClO/c1-4-8(2)12(3,15)10-6-5-9(13)7-11(10)14/h5-8,15H,4H2,1-3H3. The molecular formula is C12H16BrClO. The van der Waals surface area contributed by atoms with E-state index in [1.165, 1.54) is 0 Å². The van der Waals surface area contributed by atoms with Gasteiger partial charge in [0.15, 0.2) is 0 Å². The Balaban J connectivity index is 3.15. The van der Waals surface area contributed by atoms with Crippen molar-refractivity contribution < 1.29 is 5.11 Å². The molecule has 0 aliphatic heterocycles. The van der Waals surface area contributed by atoms with Crippen molar-refractivity contribution in [2.45, 2.75) is 32.8 Å². The van der Waals surface area contributed by atoms with Crippen LogP contribution in [0.2, 0.25) is 5.02 Å². The number of hydrogen-bond donors (Lipinski definition) is 1. The van der Waals surface area contributed by atoms with Crippen LogP contribution in [0.3, 0.4) is 0 Å². The summed E-state index contributed by atoms with van der Waals surface area (Å²) < 4.78 is 0.927. The second-order valence-electron chi connectivity index (χ2n) is 4.08. The summed E-state index contributed by atoms with van der Waals surface area (Å²) in [4.78, 5) is 0. The molecular weight excluding hydrogens is 275 g/mol. The lowest BCUT2D eigenvalue weighted by Crippen LogP contribution is -2.29. The Kier molecular flexibility index (Phi) is 4.21. The second kappa shape index (κ2) is 4.86. The number of benzene rings is 1. The van der Waals surface area contributed by atoms with Crippen LogP contribution in [0.4, 0.5) is 0 Å². The minimum atomic E-state index is -0.869. The first-order valence-corrected chi connectivity index (χ1v) is 6.24. The molecule has 0 fully saturated rings. The van der Waals surface area contributed by atoms with E-state index in [2.05, 4.69) is 22.9 Å². The summed E-state index contributed by atoms with van der Waals surface area (Å²) in [6.07, 6.45) is 0.916. The molecule has 1 aromatic carbocycles. The van der Waals surface area contributed by atoms with E-state index in [0.29, 0.717) is 5.02 Å². The van der Waals surface area contributed by atoms with E-state index in [4.69, 9.17) is 11.6 Å². The van der Waals surface area contributed by atoms with Gasteiger partial charge in [-0.2, -0.15) is 0 Å². The van der Waals surface area contributed by atoms with Crippen LogP contribution in [-0.4, -0.2) is 5.11 Å². The zero-order chi connectivity index (χ0) is 11.6. The van der Waals surface area contributed by atoms with Gasteiger partial charge in [0.25, 0.3) is 0 Å². The van der Waals surface area contributed by atoms with Gasteiger partial charge in [0.2, 0.25) is 0 Å². The fourth-order valence-corrected chi connectivity index (χ4v) is 2.43. The summed E-state index contributed by atoms with van der Waals surface area (Å²) in [6, 6.07) is 5.59. The molecule has 1 rings (SSSR count). The number of aliphatic hydroxyl groups is 1. The van der Waals surface area contributed by atoms with Crippen molar-refractivity contribution in [1.82, 2.24) is 0 Å². The molecule has 0 spiro atoms. The van der Waals surface area contributed by atoms with Crippen molar-refractivity contribution in [1.29, 1.82) is 0 Å². The molecule has 0 aliphatic carbocycles. The fourth-order valence-electron chi connectivity index (χ4n) is 1.56. The van der Waals surface area contributed by atoms with E-state index >= 15 is 0 Å². The largest absolute Gasteiger partial charge is 0.385 e. The van der Waals surface area contributed by atoms with Gasteiger partial charge in [0.05, 0.1) is 5.60 Å². The normalized spacial score (nSPS) is 17.2. The number of hydrogen-bond acceptors (Lipinski definition) is 1. The highest BCUT2D eigenvalue weighted by Gasteiger charge is 2.31. The summed E-state index contributed by atoms with van der Waals surface area (Å²) in [5.74, 6) is 0.177. The van der Waals surface area contributed by atoms with E-state index in [1.54, 1.807) is 0 Å². The van der Waals surface area contributed by atoms with Crippen LogP contribution in [0.1, 0.15) is 32.8 Å². The number of halogens is 2. The van der Waals surface area contributed by atoms with Crippen molar-refractivity contribution in [2.75, 3.05) is 0 Å². The molecule has 1 aromatic rings. The third kappa shape index (κ3) is 2.74. The Morgan fingerprint density at radius 2 is 2.13 bits per heavy atom. The highest BCUT2D eigenvalue weighted by atomic mass is 79.9. The third-order valence-electron chi connectivity index (χ3n) is 3.05. The minimum Gasteiger partial charge on any atom is -0.385 e. The lowest BCUT2D eigenvalue weighted by molar-refractivity contribution is 0.000112. The zero-order valence-corrected chi connectivity index (χ0v) is 11.6. The zero-order valence-electron chi connectivity index (χ0n) is 9.22. The van der Waals surface area contributed by atoms with Gasteiger partial charge >= 0.3 is 0 Å². The van der Waals surface area contributed by atoms with Gasteiger partial charge in [-0.25, -0.2) is 0 Å². The van der Waals surface area contributed by atoms with Gasteiger partial charge in [0.1, 0.15) is 0 Å². The molecule has 0 aromatic heterocycles. The molecule has 0 aliphatic rings. The monoisotopic (exact) mass is 290 g/mol. The Bertz CT molecular complexity index is 349. The average molecular weight is 292 g/mol. The SMILES string of the molecule is CCC(C)C(C)(O)c1ccc(Br)cc1Cl. The van der Waals surface area contributed by atoms with Crippen molar-refractivity contribution in [3.63, 3.8) is 0 Å². The molecule has 0 saturated heterocycles. The fraction of sp³-hybridized carbons (Fsp3) is 0.500. The molecule has 0 radical (unpaired) electrons. The molecule has 15 heavy (non-hydrogen) atoms. The summed E-state index contributed by atoms with van der Waals surface area (Å²) in [6.45, 7) is 5.90. The molecule has 1 N–H and O–H groups in total. The Morgan fingerprint density at radius 3 is 2.60 bits per heavy atom. The van der Waals surface area contributed by atoms with Crippen molar-refractivity contribution in [2.24, 2.45) is 5.92 Å². The van der Waals surface area contributed by atoms with Gasteiger partial charge in [-0.05, 0) is 25.0 Å². The topological polar surface area (TPSA) is 20.2 Å². The number of rotatable bonds is 3. The Labute approximate surface area is 105 Å². The second-order valence-corrected chi connectivity index (χ2v) is 5.40. The van der Waals surface area contributed by atoms with Gasteiger partial charge in [-0.3, -0.25) is 0 Å². The maximum Gasteiger partial charge on any atom is 0.0908 e. The molecule has 3 heteroatoms. The van der Waals surface area contributed by atoms with Gasteiger partial charge in [-0.15, -0.1) is 0 Å². The van der Waals surface area contributed by atoms with Crippen molar-refractivity contribution >= 4 is 27.5 Å². The van der Waals surface area contributed by atoms with Crippen LogP contribution in [0.5, 0.6) is 0 Å². The van der Waals surface area contributed by atoms with Crippen LogP contribution >= 0.6 is 27.5 Å². The molecule has 1 nitrogen and oxygen atoms in total. The summed E-state index contributed by atoms with van der Waals surface area (Å²) in [7, 11) is 0. The van der Waals surface area contributed by atoms with E-state index in [0.717, 1.165) is 16.5 Å².